The molecule has 2 aliphatic carbocycles. The molecular formula is C18H29N3O2. The Morgan fingerprint density at radius 3 is 2.87 bits per heavy atom. The molecule has 2 fully saturated rings. The van der Waals surface area contributed by atoms with E-state index in [1.165, 1.54) is 32.1 Å². The Bertz CT molecular complexity index is 534. The van der Waals surface area contributed by atoms with Gasteiger partial charge in [-0.3, -0.25) is 9.48 Å². The van der Waals surface area contributed by atoms with Crippen molar-refractivity contribution < 1.29 is 9.53 Å². The van der Waals surface area contributed by atoms with E-state index in [9.17, 15) is 4.79 Å². The Kier molecular flexibility index (Phi) is 5.05. The zero-order chi connectivity index (χ0) is 16.3. The van der Waals surface area contributed by atoms with E-state index in [-0.39, 0.29) is 11.3 Å². The van der Waals surface area contributed by atoms with Crippen molar-refractivity contribution in [3.63, 3.8) is 0 Å². The van der Waals surface area contributed by atoms with Crippen LogP contribution in [0.25, 0.3) is 0 Å². The molecule has 1 amide bonds. The molecule has 23 heavy (non-hydrogen) atoms. The number of ether oxygens (including phenoxy) is 1. The van der Waals surface area contributed by atoms with Crippen LogP contribution >= 0.6 is 0 Å². The Labute approximate surface area is 138 Å². The molecule has 128 valence electrons. The Balaban J connectivity index is 1.54. The van der Waals surface area contributed by atoms with Crippen molar-refractivity contribution in [3.05, 3.63) is 18.0 Å². The maximum absolute atomic E-state index is 12.4. The fourth-order valence-electron chi connectivity index (χ4n) is 4.42. The first-order valence-corrected chi connectivity index (χ1v) is 9.03. The van der Waals surface area contributed by atoms with Crippen molar-refractivity contribution in [1.82, 2.24) is 15.1 Å². The Morgan fingerprint density at radius 1 is 1.43 bits per heavy atom. The van der Waals surface area contributed by atoms with E-state index >= 15 is 0 Å². The van der Waals surface area contributed by atoms with Crippen molar-refractivity contribution in [1.29, 1.82) is 0 Å². The van der Waals surface area contributed by atoms with Gasteiger partial charge in [0.2, 0.25) is 5.91 Å². The number of aryl methyl sites for hydroxylation is 2. The van der Waals surface area contributed by atoms with Crippen LogP contribution in [0.4, 0.5) is 0 Å². The van der Waals surface area contributed by atoms with Gasteiger partial charge in [-0.25, -0.2) is 0 Å². The van der Waals surface area contributed by atoms with Gasteiger partial charge in [-0.05, 0) is 38.7 Å². The summed E-state index contributed by atoms with van der Waals surface area (Å²) < 4.78 is 7.79. The number of hydrogen-bond donors (Lipinski definition) is 1. The summed E-state index contributed by atoms with van der Waals surface area (Å²) in [5, 5.41) is 7.45. The van der Waals surface area contributed by atoms with Crippen molar-refractivity contribution in [2.24, 2.45) is 12.5 Å². The predicted molar refractivity (Wildman–Crippen MR) is 89.0 cm³/mol. The summed E-state index contributed by atoms with van der Waals surface area (Å²) in [6.45, 7) is 2.84. The van der Waals surface area contributed by atoms with Gasteiger partial charge in [0.05, 0.1) is 6.10 Å². The van der Waals surface area contributed by atoms with Gasteiger partial charge in [0, 0.05) is 43.4 Å². The summed E-state index contributed by atoms with van der Waals surface area (Å²) in [7, 11) is 1.92. The van der Waals surface area contributed by atoms with Gasteiger partial charge >= 0.3 is 0 Å². The van der Waals surface area contributed by atoms with E-state index in [0.29, 0.717) is 18.6 Å². The molecule has 3 rings (SSSR count). The lowest BCUT2D eigenvalue weighted by atomic mass is 9.55. The lowest BCUT2D eigenvalue weighted by Crippen LogP contribution is -2.65. The normalized spacial score (nSPS) is 26.0. The number of carbonyl (C=O) groups excluding carboxylic acids is 1. The predicted octanol–water partition coefficient (Wildman–Crippen LogP) is 2.60. The third-order valence-electron chi connectivity index (χ3n) is 5.80. The van der Waals surface area contributed by atoms with Crippen LogP contribution in [0.1, 0.15) is 57.6 Å². The summed E-state index contributed by atoms with van der Waals surface area (Å²) in [6, 6.07) is 2.28. The summed E-state index contributed by atoms with van der Waals surface area (Å²) in [5.74, 6) is 0.163. The average Bonchev–Trinajstić information content (AvgIpc) is 2.98. The highest BCUT2D eigenvalue weighted by molar-refractivity contribution is 5.76. The summed E-state index contributed by atoms with van der Waals surface area (Å²) in [6.07, 6.45) is 10.6. The first-order chi connectivity index (χ1) is 11.2. The molecule has 2 atom stereocenters. The van der Waals surface area contributed by atoms with E-state index in [0.717, 1.165) is 25.1 Å². The lowest BCUT2D eigenvalue weighted by Gasteiger charge is -2.57. The number of hydrogen-bond acceptors (Lipinski definition) is 3. The smallest absolute Gasteiger partial charge is 0.220 e. The third kappa shape index (κ3) is 3.30. The van der Waals surface area contributed by atoms with E-state index in [1.54, 1.807) is 6.20 Å². The summed E-state index contributed by atoms with van der Waals surface area (Å²) in [4.78, 5) is 12.4. The van der Waals surface area contributed by atoms with Crippen molar-refractivity contribution in [3.8, 4) is 0 Å². The van der Waals surface area contributed by atoms with Crippen LogP contribution in [0.15, 0.2) is 12.3 Å². The van der Waals surface area contributed by atoms with Crippen LogP contribution in [0.2, 0.25) is 0 Å². The Morgan fingerprint density at radius 2 is 2.22 bits per heavy atom. The topological polar surface area (TPSA) is 56.1 Å². The molecule has 1 spiro atoms. The largest absolute Gasteiger partial charge is 0.378 e. The second-order valence-electron chi connectivity index (χ2n) is 7.04. The zero-order valence-corrected chi connectivity index (χ0v) is 14.4. The standard InChI is InChI=1S/C18H29N3O2/c1-3-23-16-13-15(18(16)10-5-4-6-11-18)20-17(22)8-7-14-9-12-19-21(14)2/h9,12,15-16H,3-8,10-11,13H2,1-2H3,(H,20,22)/t15-,16+/m0/s1. The molecular weight excluding hydrogens is 290 g/mol. The van der Waals surface area contributed by atoms with Gasteiger partial charge in [0.1, 0.15) is 0 Å². The summed E-state index contributed by atoms with van der Waals surface area (Å²) >= 11 is 0. The quantitative estimate of drug-likeness (QED) is 0.877. The summed E-state index contributed by atoms with van der Waals surface area (Å²) in [5.41, 5.74) is 1.31. The van der Waals surface area contributed by atoms with Gasteiger partial charge < -0.3 is 10.1 Å². The number of nitrogens with one attached hydrogen (secondary N) is 1. The fourth-order valence-corrected chi connectivity index (χ4v) is 4.42. The molecule has 0 unspecified atom stereocenters. The van der Waals surface area contributed by atoms with Crippen molar-refractivity contribution >= 4 is 5.91 Å². The fraction of sp³-hybridized carbons (Fsp3) is 0.778. The van der Waals surface area contributed by atoms with E-state index in [2.05, 4.69) is 17.3 Å². The highest BCUT2D eigenvalue weighted by Gasteiger charge is 2.55. The van der Waals surface area contributed by atoms with Crippen LogP contribution in [0.5, 0.6) is 0 Å². The van der Waals surface area contributed by atoms with Crippen LogP contribution in [-0.4, -0.2) is 34.4 Å². The van der Waals surface area contributed by atoms with Gasteiger partial charge in [-0.2, -0.15) is 5.10 Å². The number of aromatic nitrogens is 2. The van der Waals surface area contributed by atoms with Gasteiger partial charge in [0.25, 0.3) is 0 Å². The second kappa shape index (κ2) is 7.04. The molecule has 1 heterocycles. The molecule has 0 saturated heterocycles. The third-order valence-corrected chi connectivity index (χ3v) is 5.80. The lowest BCUT2D eigenvalue weighted by molar-refractivity contribution is -0.157. The minimum absolute atomic E-state index is 0.163. The minimum atomic E-state index is 0.163. The number of rotatable bonds is 6. The van der Waals surface area contributed by atoms with Crippen LogP contribution < -0.4 is 5.32 Å². The number of nitrogens with zero attached hydrogens (tertiary/aromatic N) is 2. The molecule has 5 heteroatoms. The molecule has 2 saturated carbocycles. The molecule has 1 aromatic rings. The minimum Gasteiger partial charge on any atom is -0.378 e. The molecule has 0 radical (unpaired) electrons. The first-order valence-electron chi connectivity index (χ1n) is 9.03. The molecule has 0 aromatic carbocycles. The first kappa shape index (κ1) is 16.5. The van der Waals surface area contributed by atoms with Gasteiger partial charge in [-0.1, -0.05) is 19.3 Å². The highest BCUT2D eigenvalue weighted by atomic mass is 16.5. The van der Waals surface area contributed by atoms with Crippen LogP contribution in [0.3, 0.4) is 0 Å². The van der Waals surface area contributed by atoms with E-state index < -0.39 is 0 Å². The molecule has 5 nitrogen and oxygen atoms in total. The molecule has 0 bridgehead atoms. The highest BCUT2D eigenvalue weighted by Crippen LogP contribution is 2.53. The van der Waals surface area contributed by atoms with Gasteiger partial charge in [0.15, 0.2) is 0 Å². The average molecular weight is 319 g/mol. The maximum Gasteiger partial charge on any atom is 0.220 e. The van der Waals surface area contributed by atoms with Crippen molar-refractivity contribution in [2.45, 2.75) is 70.4 Å². The number of carbonyl (C=O) groups is 1. The second-order valence-corrected chi connectivity index (χ2v) is 7.04. The van der Waals surface area contributed by atoms with Crippen LogP contribution in [0, 0.1) is 5.41 Å². The monoisotopic (exact) mass is 319 g/mol. The molecule has 1 aromatic heterocycles. The van der Waals surface area contributed by atoms with E-state index in [4.69, 9.17) is 4.74 Å². The van der Waals surface area contributed by atoms with Crippen LogP contribution in [-0.2, 0) is 23.0 Å². The maximum atomic E-state index is 12.4. The van der Waals surface area contributed by atoms with E-state index in [1.807, 2.05) is 17.8 Å². The van der Waals surface area contributed by atoms with Gasteiger partial charge in [-0.15, -0.1) is 0 Å². The van der Waals surface area contributed by atoms with Crippen molar-refractivity contribution in [2.75, 3.05) is 6.61 Å². The SMILES string of the molecule is CCO[C@@H]1C[C@H](NC(=O)CCc2ccnn2C)C12CCCCC2. The number of amides is 1. The molecule has 2 aliphatic rings. The molecule has 1 N–H and O–H groups in total. The zero-order valence-electron chi connectivity index (χ0n) is 14.4. The Hall–Kier alpha value is -1.36. The molecule has 0 aliphatic heterocycles.